The third-order valence-corrected chi connectivity index (χ3v) is 2.64. The molecular weight excluding hydrogens is 212 g/mol. The number of benzene rings is 1. The topological polar surface area (TPSA) is 39.2 Å². The van der Waals surface area contributed by atoms with Gasteiger partial charge in [-0.15, -0.1) is 0 Å². The van der Waals surface area contributed by atoms with Crippen LogP contribution in [0.3, 0.4) is 0 Å². The van der Waals surface area contributed by atoms with E-state index >= 15 is 0 Å². The number of furan rings is 1. The lowest BCUT2D eigenvalue weighted by atomic mass is 10.0. The summed E-state index contributed by atoms with van der Waals surface area (Å²) < 4.78 is 31.6. The van der Waals surface area contributed by atoms with Crippen LogP contribution in [0, 0.1) is 17.6 Å². The summed E-state index contributed by atoms with van der Waals surface area (Å²) in [5.74, 6) is -1.21. The van der Waals surface area contributed by atoms with E-state index in [1.165, 1.54) is 6.07 Å². The van der Waals surface area contributed by atoms with Crippen LogP contribution >= 0.6 is 0 Å². The quantitative estimate of drug-likeness (QED) is 0.851. The molecule has 0 amide bonds. The van der Waals surface area contributed by atoms with Gasteiger partial charge < -0.3 is 10.2 Å². The highest BCUT2D eigenvalue weighted by Crippen LogP contribution is 2.29. The molecule has 0 aliphatic rings. The molecular formula is C12H13F2NO. The molecule has 0 saturated carbocycles. The Hall–Kier alpha value is -1.42. The normalized spacial score (nSPS) is 13.6. The van der Waals surface area contributed by atoms with Crippen molar-refractivity contribution in [2.24, 2.45) is 11.7 Å². The Labute approximate surface area is 92.0 Å². The Kier molecular flexibility index (Phi) is 2.68. The van der Waals surface area contributed by atoms with Crippen molar-refractivity contribution < 1.29 is 13.2 Å². The van der Waals surface area contributed by atoms with Crippen molar-refractivity contribution in [3.05, 3.63) is 35.6 Å². The first kappa shape index (κ1) is 11.1. The summed E-state index contributed by atoms with van der Waals surface area (Å²) in [6.07, 6.45) is 0. The summed E-state index contributed by atoms with van der Waals surface area (Å²) >= 11 is 0. The number of hydrogen-bond donors (Lipinski definition) is 1. The summed E-state index contributed by atoms with van der Waals surface area (Å²) in [7, 11) is 0. The van der Waals surface area contributed by atoms with Crippen molar-refractivity contribution in [1.29, 1.82) is 0 Å². The van der Waals surface area contributed by atoms with E-state index in [2.05, 4.69) is 0 Å². The van der Waals surface area contributed by atoms with Crippen LogP contribution in [0.5, 0.6) is 0 Å². The highest BCUT2D eigenvalue weighted by Gasteiger charge is 2.18. The first-order valence-corrected chi connectivity index (χ1v) is 5.13. The number of halogens is 2. The molecule has 1 aromatic carbocycles. The zero-order chi connectivity index (χ0) is 11.9. The average molecular weight is 225 g/mol. The second-order valence-corrected chi connectivity index (χ2v) is 4.20. The summed E-state index contributed by atoms with van der Waals surface area (Å²) in [5, 5.41) is 0.532. The molecule has 0 bridgehead atoms. The Bertz CT molecular complexity index is 519. The van der Waals surface area contributed by atoms with Gasteiger partial charge in [0.1, 0.15) is 5.76 Å². The van der Waals surface area contributed by atoms with Gasteiger partial charge in [0.15, 0.2) is 11.4 Å². The van der Waals surface area contributed by atoms with E-state index in [1.54, 1.807) is 6.07 Å². The molecule has 0 aliphatic carbocycles. The molecule has 2 nitrogen and oxygen atoms in total. The SMILES string of the molecule is CC(C)[C@@H](N)c1cc2ccc(F)c(F)c2o1. The van der Waals surface area contributed by atoms with Gasteiger partial charge in [-0.2, -0.15) is 4.39 Å². The summed E-state index contributed by atoms with van der Waals surface area (Å²) in [6.45, 7) is 3.88. The van der Waals surface area contributed by atoms with Crippen molar-refractivity contribution in [3.63, 3.8) is 0 Å². The molecule has 0 spiro atoms. The van der Waals surface area contributed by atoms with Gasteiger partial charge >= 0.3 is 0 Å². The monoisotopic (exact) mass is 225 g/mol. The smallest absolute Gasteiger partial charge is 0.201 e. The lowest BCUT2D eigenvalue weighted by Crippen LogP contribution is -2.15. The van der Waals surface area contributed by atoms with Crippen LogP contribution in [0.2, 0.25) is 0 Å². The molecule has 0 aliphatic heterocycles. The summed E-state index contributed by atoms with van der Waals surface area (Å²) in [6, 6.07) is 3.91. The minimum atomic E-state index is -0.959. The van der Waals surface area contributed by atoms with Gasteiger partial charge in [-0.3, -0.25) is 0 Å². The zero-order valence-corrected chi connectivity index (χ0v) is 9.13. The van der Waals surface area contributed by atoms with Gasteiger partial charge in [0.25, 0.3) is 0 Å². The fourth-order valence-electron chi connectivity index (χ4n) is 1.56. The Morgan fingerprint density at radius 2 is 1.94 bits per heavy atom. The Morgan fingerprint density at radius 3 is 2.56 bits per heavy atom. The van der Waals surface area contributed by atoms with E-state index in [0.29, 0.717) is 11.1 Å². The molecule has 0 unspecified atom stereocenters. The third-order valence-electron chi connectivity index (χ3n) is 2.64. The fourth-order valence-corrected chi connectivity index (χ4v) is 1.56. The van der Waals surface area contributed by atoms with E-state index in [1.807, 2.05) is 13.8 Å². The van der Waals surface area contributed by atoms with E-state index in [-0.39, 0.29) is 17.5 Å². The number of rotatable bonds is 2. The minimum absolute atomic E-state index is 0.0638. The molecule has 1 atom stereocenters. The second kappa shape index (κ2) is 3.87. The van der Waals surface area contributed by atoms with Crippen LogP contribution in [-0.2, 0) is 0 Å². The standard InChI is InChI=1S/C12H13F2NO/c1-6(2)11(15)9-5-7-3-4-8(13)10(14)12(7)16-9/h3-6,11H,15H2,1-2H3/t11-/m1/s1. The second-order valence-electron chi connectivity index (χ2n) is 4.20. The molecule has 2 aromatic rings. The lowest BCUT2D eigenvalue weighted by Gasteiger charge is -2.11. The van der Waals surface area contributed by atoms with Crippen LogP contribution in [0.1, 0.15) is 25.6 Å². The molecule has 0 saturated heterocycles. The summed E-state index contributed by atoms with van der Waals surface area (Å²) in [4.78, 5) is 0. The predicted molar refractivity (Wildman–Crippen MR) is 57.9 cm³/mol. The molecule has 1 aromatic heterocycles. The number of nitrogens with two attached hydrogens (primary N) is 1. The number of fused-ring (bicyclic) bond motifs is 1. The maximum Gasteiger partial charge on any atom is 0.201 e. The maximum absolute atomic E-state index is 13.4. The van der Waals surface area contributed by atoms with Gasteiger partial charge in [-0.05, 0) is 24.1 Å². The van der Waals surface area contributed by atoms with E-state index in [0.717, 1.165) is 6.07 Å². The minimum Gasteiger partial charge on any atom is -0.456 e. The molecule has 2 N–H and O–H groups in total. The van der Waals surface area contributed by atoms with Crippen LogP contribution in [0.4, 0.5) is 8.78 Å². The highest BCUT2D eigenvalue weighted by atomic mass is 19.2. The Balaban J connectivity index is 2.56. The lowest BCUT2D eigenvalue weighted by molar-refractivity contribution is 0.408. The molecule has 4 heteroatoms. The largest absolute Gasteiger partial charge is 0.456 e. The molecule has 0 radical (unpaired) electrons. The number of hydrogen-bond acceptors (Lipinski definition) is 2. The first-order valence-electron chi connectivity index (χ1n) is 5.13. The molecule has 1 heterocycles. The first-order chi connectivity index (χ1) is 7.50. The summed E-state index contributed by atoms with van der Waals surface area (Å²) in [5.41, 5.74) is 5.82. The van der Waals surface area contributed by atoms with Crippen molar-refractivity contribution in [3.8, 4) is 0 Å². The van der Waals surface area contributed by atoms with Gasteiger partial charge in [0.2, 0.25) is 5.82 Å². The third kappa shape index (κ3) is 1.69. The molecule has 86 valence electrons. The van der Waals surface area contributed by atoms with Crippen molar-refractivity contribution in [2.75, 3.05) is 0 Å². The van der Waals surface area contributed by atoms with Crippen molar-refractivity contribution in [2.45, 2.75) is 19.9 Å². The predicted octanol–water partition coefficient (Wildman–Crippen LogP) is 3.37. The van der Waals surface area contributed by atoms with Crippen molar-refractivity contribution in [1.82, 2.24) is 0 Å². The van der Waals surface area contributed by atoms with E-state index in [4.69, 9.17) is 10.2 Å². The molecule has 2 rings (SSSR count). The zero-order valence-electron chi connectivity index (χ0n) is 9.13. The Morgan fingerprint density at radius 1 is 1.25 bits per heavy atom. The van der Waals surface area contributed by atoms with Crippen molar-refractivity contribution >= 4 is 11.0 Å². The fraction of sp³-hybridized carbons (Fsp3) is 0.333. The molecule has 0 fully saturated rings. The highest BCUT2D eigenvalue weighted by molar-refractivity contribution is 5.78. The van der Waals surface area contributed by atoms with Gasteiger partial charge in [0.05, 0.1) is 6.04 Å². The average Bonchev–Trinajstić information content (AvgIpc) is 2.67. The van der Waals surface area contributed by atoms with Crippen LogP contribution in [-0.4, -0.2) is 0 Å². The van der Waals surface area contributed by atoms with Crippen LogP contribution in [0.25, 0.3) is 11.0 Å². The van der Waals surface area contributed by atoms with Gasteiger partial charge in [0, 0.05) is 5.39 Å². The van der Waals surface area contributed by atoms with E-state index in [9.17, 15) is 8.78 Å². The van der Waals surface area contributed by atoms with E-state index < -0.39 is 11.6 Å². The van der Waals surface area contributed by atoms with Gasteiger partial charge in [-0.25, -0.2) is 4.39 Å². The van der Waals surface area contributed by atoms with Gasteiger partial charge in [-0.1, -0.05) is 13.8 Å². The van der Waals surface area contributed by atoms with Crippen LogP contribution < -0.4 is 5.73 Å². The van der Waals surface area contributed by atoms with Crippen LogP contribution in [0.15, 0.2) is 22.6 Å². The maximum atomic E-state index is 13.4. The molecule has 16 heavy (non-hydrogen) atoms.